The second-order valence-electron chi connectivity index (χ2n) is 7.56. The van der Waals surface area contributed by atoms with Crippen molar-refractivity contribution in [1.82, 2.24) is 19.9 Å². The molecule has 2 aromatic carbocycles. The van der Waals surface area contributed by atoms with Crippen molar-refractivity contribution in [1.29, 1.82) is 0 Å². The molecule has 0 bridgehead atoms. The molecule has 1 aliphatic rings. The predicted molar refractivity (Wildman–Crippen MR) is 126 cm³/mol. The van der Waals surface area contributed by atoms with E-state index in [2.05, 4.69) is 41.1 Å². The smallest absolute Gasteiger partial charge is 0.227 e. The molecule has 6 nitrogen and oxygen atoms in total. The van der Waals surface area contributed by atoms with Crippen molar-refractivity contribution in [2.45, 2.75) is 12.8 Å². The fourth-order valence-corrected chi connectivity index (χ4v) is 3.92. The Morgan fingerprint density at radius 2 is 1.42 bits per heavy atom. The lowest BCUT2D eigenvalue weighted by Crippen LogP contribution is -2.21. The van der Waals surface area contributed by atoms with E-state index in [4.69, 9.17) is 19.9 Å². The van der Waals surface area contributed by atoms with E-state index in [1.54, 1.807) is 6.08 Å². The minimum atomic E-state index is 0.551. The lowest BCUT2D eigenvalue weighted by molar-refractivity contribution is 0.932. The standard InChI is InChI=1S/C25H24N6/c1-2-15-26-25-29-23-22(24(30-25)31-16-9-10-17-31)27-20(18-11-5-3-6-12-18)21(28-23)19-13-7-4-8-14-19/h2-8,11-14H,1,9-10,15-17H2,(H,26,28,29,30). The Balaban J connectivity index is 1.77. The first-order valence-electron chi connectivity index (χ1n) is 10.6. The molecule has 2 aromatic heterocycles. The fraction of sp³-hybridized carbons (Fsp3) is 0.200. The molecule has 0 amide bonds. The van der Waals surface area contributed by atoms with E-state index in [9.17, 15) is 0 Å². The van der Waals surface area contributed by atoms with Gasteiger partial charge in [0.1, 0.15) is 0 Å². The van der Waals surface area contributed by atoms with Crippen molar-refractivity contribution >= 4 is 22.9 Å². The summed E-state index contributed by atoms with van der Waals surface area (Å²) >= 11 is 0. The van der Waals surface area contributed by atoms with E-state index in [1.807, 2.05) is 36.4 Å². The van der Waals surface area contributed by atoms with Crippen molar-refractivity contribution in [2.24, 2.45) is 0 Å². The van der Waals surface area contributed by atoms with Crippen LogP contribution in [0.5, 0.6) is 0 Å². The number of fused-ring (bicyclic) bond motifs is 1. The van der Waals surface area contributed by atoms with Crippen LogP contribution in [0.1, 0.15) is 12.8 Å². The average molecular weight is 409 g/mol. The molecular formula is C25H24N6. The van der Waals surface area contributed by atoms with Gasteiger partial charge in [0.15, 0.2) is 17.0 Å². The van der Waals surface area contributed by atoms with E-state index < -0.39 is 0 Å². The van der Waals surface area contributed by atoms with Crippen molar-refractivity contribution in [2.75, 3.05) is 29.9 Å². The van der Waals surface area contributed by atoms with Gasteiger partial charge in [0, 0.05) is 30.8 Å². The third kappa shape index (κ3) is 3.84. The summed E-state index contributed by atoms with van der Waals surface area (Å²) in [5.74, 6) is 1.40. The molecule has 0 atom stereocenters. The van der Waals surface area contributed by atoms with Gasteiger partial charge in [-0.15, -0.1) is 6.58 Å². The van der Waals surface area contributed by atoms with Gasteiger partial charge >= 0.3 is 0 Å². The second-order valence-corrected chi connectivity index (χ2v) is 7.56. The molecule has 6 heteroatoms. The molecule has 5 rings (SSSR count). The third-order valence-electron chi connectivity index (χ3n) is 5.42. The summed E-state index contributed by atoms with van der Waals surface area (Å²) < 4.78 is 0. The Kier molecular flexibility index (Phi) is 5.27. The molecule has 3 heterocycles. The molecule has 154 valence electrons. The Morgan fingerprint density at radius 1 is 0.806 bits per heavy atom. The molecule has 0 unspecified atom stereocenters. The van der Waals surface area contributed by atoms with Crippen LogP contribution in [0.4, 0.5) is 11.8 Å². The maximum atomic E-state index is 5.11. The highest BCUT2D eigenvalue weighted by Crippen LogP contribution is 2.34. The van der Waals surface area contributed by atoms with Crippen LogP contribution in [0, 0.1) is 0 Å². The molecule has 0 saturated carbocycles. The van der Waals surface area contributed by atoms with Crippen LogP contribution in [0.3, 0.4) is 0 Å². The molecule has 4 aromatic rings. The minimum absolute atomic E-state index is 0.551. The molecule has 1 N–H and O–H groups in total. The number of benzene rings is 2. The summed E-state index contributed by atoms with van der Waals surface area (Å²) in [5.41, 5.74) is 5.04. The number of aromatic nitrogens is 4. The first kappa shape index (κ1) is 19.2. The van der Waals surface area contributed by atoms with E-state index in [-0.39, 0.29) is 0 Å². The lowest BCUT2D eigenvalue weighted by Gasteiger charge is -2.19. The Bertz CT molecular complexity index is 1200. The largest absolute Gasteiger partial charge is 0.355 e. The normalized spacial score (nSPS) is 13.5. The zero-order valence-corrected chi connectivity index (χ0v) is 17.3. The number of hydrogen-bond donors (Lipinski definition) is 1. The van der Waals surface area contributed by atoms with Crippen molar-refractivity contribution in [3.05, 3.63) is 73.3 Å². The molecule has 31 heavy (non-hydrogen) atoms. The molecule has 0 aliphatic carbocycles. The van der Waals surface area contributed by atoms with Crippen molar-refractivity contribution in [3.63, 3.8) is 0 Å². The number of rotatable bonds is 6. The first-order chi connectivity index (χ1) is 15.3. The minimum Gasteiger partial charge on any atom is -0.355 e. The van der Waals surface area contributed by atoms with Gasteiger partial charge < -0.3 is 10.2 Å². The van der Waals surface area contributed by atoms with Gasteiger partial charge in [-0.05, 0) is 12.8 Å². The molecule has 0 spiro atoms. The topological polar surface area (TPSA) is 66.8 Å². The van der Waals surface area contributed by atoms with Gasteiger partial charge in [0.2, 0.25) is 5.95 Å². The summed E-state index contributed by atoms with van der Waals surface area (Å²) in [4.78, 5) is 21.9. The van der Waals surface area contributed by atoms with Gasteiger partial charge in [-0.25, -0.2) is 9.97 Å². The van der Waals surface area contributed by atoms with Crippen molar-refractivity contribution in [3.8, 4) is 22.5 Å². The summed E-state index contributed by atoms with van der Waals surface area (Å²) in [6.07, 6.45) is 4.10. The van der Waals surface area contributed by atoms with Gasteiger partial charge in [-0.3, -0.25) is 0 Å². The van der Waals surface area contributed by atoms with E-state index in [0.29, 0.717) is 18.1 Å². The summed E-state index contributed by atoms with van der Waals surface area (Å²) in [6.45, 7) is 6.31. The Hall–Kier alpha value is -3.80. The zero-order chi connectivity index (χ0) is 21.0. The average Bonchev–Trinajstić information content (AvgIpc) is 3.37. The quantitative estimate of drug-likeness (QED) is 0.455. The highest BCUT2D eigenvalue weighted by atomic mass is 15.3. The third-order valence-corrected chi connectivity index (χ3v) is 5.42. The molecule has 1 fully saturated rings. The van der Waals surface area contributed by atoms with Gasteiger partial charge in [0.25, 0.3) is 0 Å². The maximum absolute atomic E-state index is 5.11. The van der Waals surface area contributed by atoms with Crippen LogP contribution in [-0.4, -0.2) is 39.6 Å². The predicted octanol–water partition coefficient (Wildman–Crippen LogP) is 4.95. The number of nitrogens with one attached hydrogen (secondary N) is 1. The number of nitrogens with zero attached hydrogens (tertiary/aromatic N) is 5. The van der Waals surface area contributed by atoms with Crippen LogP contribution in [-0.2, 0) is 0 Å². The van der Waals surface area contributed by atoms with Crippen LogP contribution >= 0.6 is 0 Å². The van der Waals surface area contributed by atoms with E-state index in [1.165, 1.54) is 0 Å². The zero-order valence-electron chi connectivity index (χ0n) is 17.3. The molecule has 1 saturated heterocycles. The monoisotopic (exact) mass is 408 g/mol. The second kappa shape index (κ2) is 8.52. The maximum Gasteiger partial charge on any atom is 0.227 e. The summed E-state index contributed by atoms with van der Waals surface area (Å²) in [5, 5.41) is 3.22. The molecule has 1 aliphatic heterocycles. The first-order valence-corrected chi connectivity index (χ1v) is 10.6. The highest BCUT2D eigenvalue weighted by molar-refractivity contribution is 5.90. The van der Waals surface area contributed by atoms with Crippen LogP contribution in [0.2, 0.25) is 0 Å². The van der Waals surface area contributed by atoms with Crippen LogP contribution in [0.15, 0.2) is 73.3 Å². The molecular weight excluding hydrogens is 384 g/mol. The van der Waals surface area contributed by atoms with Crippen LogP contribution in [0.25, 0.3) is 33.7 Å². The lowest BCUT2D eigenvalue weighted by atomic mass is 10.0. The Labute approximate surface area is 181 Å². The van der Waals surface area contributed by atoms with Gasteiger partial charge in [0.05, 0.1) is 11.4 Å². The highest BCUT2D eigenvalue weighted by Gasteiger charge is 2.22. The van der Waals surface area contributed by atoms with Crippen molar-refractivity contribution < 1.29 is 0 Å². The summed E-state index contributed by atoms with van der Waals surface area (Å²) in [6, 6.07) is 20.3. The number of anilines is 2. The van der Waals surface area contributed by atoms with E-state index >= 15 is 0 Å². The van der Waals surface area contributed by atoms with E-state index in [0.717, 1.165) is 59.8 Å². The fourth-order valence-electron chi connectivity index (χ4n) is 3.92. The van der Waals surface area contributed by atoms with Gasteiger partial charge in [-0.2, -0.15) is 9.97 Å². The molecule has 0 radical (unpaired) electrons. The number of hydrogen-bond acceptors (Lipinski definition) is 6. The van der Waals surface area contributed by atoms with Gasteiger partial charge in [-0.1, -0.05) is 66.7 Å². The SMILES string of the molecule is C=CCNc1nc(N2CCCC2)c2nc(-c3ccccc3)c(-c3ccccc3)nc2n1. The van der Waals surface area contributed by atoms with Crippen LogP contribution < -0.4 is 10.2 Å². The Morgan fingerprint density at radius 3 is 2.03 bits per heavy atom. The summed E-state index contributed by atoms with van der Waals surface area (Å²) in [7, 11) is 0.